The Bertz CT molecular complexity index is 480. The molecule has 0 unspecified atom stereocenters. The number of nitrogens with one attached hydrogen (secondary N) is 1. The first-order chi connectivity index (χ1) is 10.1. The van der Waals surface area contributed by atoms with E-state index in [-0.39, 0.29) is 17.1 Å². The summed E-state index contributed by atoms with van der Waals surface area (Å²) in [6, 6.07) is 1.10. The number of methoxy groups -OCH3 is 2. The third-order valence-electron chi connectivity index (χ3n) is 3.61. The van der Waals surface area contributed by atoms with Gasteiger partial charge in [-0.15, -0.1) is 0 Å². The van der Waals surface area contributed by atoms with Gasteiger partial charge in [0, 0.05) is 37.8 Å². The highest BCUT2D eigenvalue weighted by Crippen LogP contribution is 2.36. The summed E-state index contributed by atoms with van der Waals surface area (Å²) in [5, 5.41) is 3.09. The first-order valence-electron chi connectivity index (χ1n) is 6.72. The second-order valence-corrected chi connectivity index (χ2v) is 4.79. The Labute approximate surface area is 121 Å². The number of nitrogens with zero attached hydrogens (tertiary/aromatic N) is 1. The van der Waals surface area contributed by atoms with E-state index in [1.54, 1.807) is 4.90 Å². The van der Waals surface area contributed by atoms with E-state index in [1.807, 2.05) is 0 Å². The summed E-state index contributed by atoms with van der Waals surface area (Å²) >= 11 is 0. The fraction of sp³-hybridized carbons (Fsp3) is 0.571. The molecule has 1 aromatic rings. The number of hydrogen-bond acceptors (Lipinski definition) is 4. The summed E-state index contributed by atoms with van der Waals surface area (Å²) in [5.74, 6) is -0.279. The molecular weight excluding hydrogens is 285 g/mol. The summed E-state index contributed by atoms with van der Waals surface area (Å²) in [6.45, 7) is 2.11. The van der Waals surface area contributed by atoms with Crippen LogP contribution in [0, 0.1) is 5.82 Å². The van der Waals surface area contributed by atoms with Crippen LogP contribution in [0.15, 0.2) is 12.1 Å². The molecule has 1 aliphatic rings. The highest BCUT2D eigenvalue weighted by atomic mass is 19.3. The van der Waals surface area contributed by atoms with Gasteiger partial charge in [0.1, 0.15) is 5.82 Å². The van der Waals surface area contributed by atoms with Crippen molar-refractivity contribution in [3.8, 4) is 11.5 Å². The molecule has 1 aromatic carbocycles. The van der Waals surface area contributed by atoms with Gasteiger partial charge in [-0.3, -0.25) is 4.90 Å². The molecule has 0 spiro atoms. The second kappa shape index (κ2) is 7.00. The van der Waals surface area contributed by atoms with Gasteiger partial charge in [0.2, 0.25) is 0 Å². The zero-order valence-electron chi connectivity index (χ0n) is 12.0. The van der Waals surface area contributed by atoms with E-state index < -0.39 is 18.3 Å². The van der Waals surface area contributed by atoms with Gasteiger partial charge in [0.15, 0.2) is 11.5 Å². The molecule has 0 radical (unpaired) electrons. The van der Waals surface area contributed by atoms with Crippen LogP contribution in [0.1, 0.15) is 11.6 Å². The van der Waals surface area contributed by atoms with Crippen LogP contribution in [-0.4, -0.2) is 51.7 Å². The smallest absolute Gasteiger partial charge is 0.258 e. The molecule has 21 heavy (non-hydrogen) atoms. The molecule has 0 aliphatic carbocycles. The number of ether oxygens (including phenoxy) is 2. The summed E-state index contributed by atoms with van der Waals surface area (Å²) in [7, 11) is 2.76. The van der Waals surface area contributed by atoms with Crippen molar-refractivity contribution in [3.05, 3.63) is 23.5 Å². The van der Waals surface area contributed by atoms with Gasteiger partial charge in [-0.1, -0.05) is 0 Å². The monoisotopic (exact) mass is 304 g/mol. The average Bonchev–Trinajstić information content (AvgIpc) is 2.49. The van der Waals surface area contributed by atoms with Crippen LogP contribution in [0.5, 0.6) is 11.5 Å². The lowest BCUT2D eigenvalue weighted by molar-refractivity contribution is 0.0162. The Balaban J connectivity index is 2.39. The van der Waals surface area contributed by atoms with Crippen LogP contribution < -0.4 is 14.8 Å². The van der Waals surface area contributed by atoms with Crippen LogP contribution in [0.25, 0.3) is 0 Å². The molecule has 4 nitrogen and oxygen atoms in total. The maximum absolute atomic E-state index is 14.2. The van der Waals surface area contributed by atoms with Crippen molar-refractivity contribution in [1.29, 1.82) is 0 Å². The first kappa shape index (κ1) is 15.9. The van der Waals surface area contributed by atoms with Crippen molar-refractivity contribution in [3.63, 3.8) is 0 Å². The van der Waals surface area contributed by atoms with Crippen molar-refractivity contribution in [1.82, 2.24) is 10.2 Å². The maximum Gasteiger partial charge on any atom is 0.258 e. The molecule has 1 atom stereocenters. The van der Waals surface area contributed by atoms with Gasteiger partial charge in [-0.05, 0) is 6.07 Å². The van der Waals surface area contributed by atoms with E-state index in [1.165, 1.54) is 20.3 Å². The Hall–Kier alpha value is -1.47. The molecule has 0 bridgehead atoms. The zero-order chi connectivity index (χ0) is 15.4. The predicted molar refractivity (Wildman–Crippen MR) is 72.7 cm³/mol. The van der Waals surface area contributed by atoms with Crippen molar-refractivity contribution in [2.75, 3.05) is 40.4 Å². The molecule has 0 saturated carbocycles. The van der Waals surface area contributed by atoms with Crippen molar-refractivity contribution in [2.24, 2.45) is 0 Å². The number of piperazine rings is 1. The van der Waals surface area contributed by atoms with Crippen molar-refractivity contribution in [2.45, 2.75) is 12.5 Å². The molecule has 0 aromatic heterocycles. The minimum Gasteiger partial charge on any atom is -0.493 e. The lowest BCUT2D eigenvalue weighted by Crippen LogP contribution is -2.47. The van der Waals surface area contributed by atoms with Gasteiger partial charge in [0.05, 0.1) is 20.3 Å². The van der Waals surface area contributed by atoms with Crippen LogP contribution in [0.3, 0.4) is 0 Å². The molecule has 7 heteroatoms. The second-order valence-electron chi connectivity index (χ2n) is 4.79. The molecule has 0 amide bonds. The lowest BCUT2D eigenvalue weighted by atomic mass is 10.0. The van der Waals surface area contributed by atoms with Crippen molar-refractivity contribution >= 4 is 0 Å². The van der Waals surface area contributed by atoms with E-state index in [9.17, 15) is 13.2 Å². The highest BCUT2D eigenvalue weighted by molar-refractivity contribution is 5.45. The third kappa shape index (κ3) is 3.41. The largest absolute Gasteiger partial charge is 0.493 e. The van der Waals surface area contributed by atoms with E-state index in [2.05, 4.69) is 5.32 Å². The standard InChI is InChI=1S/C14H19F3N2O2/c1-20-11-7-9(10(15)8-12(11)21-2)13(14(16)17)19-5-3-18-4-6-19/h7-8,13-14,18H,3-6H2,1-2H3/t13-/m1/s1. The molecule has 2 rings (SSSR count). The van der Waals surface area contributed by atoms with Gasteiger partial charge in [-0.2, -0.15) is 0 Å². The summed E-state index contributed by atoms with van der Waals surface area (Å²) in [6.07, 6.45) is -2.68. The Kier molecular flexibility index (Phi) is 5.30. The molecule has 1 N–H and O–H groups in total. The SMILES string of the molecule is COc1cc(F)c([C@H](C(F)F)N2CCNCC2)cc1OC. The molecule has 1 aliphatic heterocycles. The van der Waals surface area contributed by atoms with E-state index in [0.717, 1.165) is 6.07 Å². The maximum atomic E-state index is 14.2. The van der Waals surface area contributed by atoms with E-state index >= 15 is 0 Å². The summed E-state index contributed by atoms with van der Waals surface area (Å²) in [5.41, 5.74) is -0.0652. The Morgan fingerprint density at radius 2 is 1.67 bits per heavy atom. The highest BCUT2D eigenvalue weighted by Gasteiger charge is 2.33. The van der Waals surface area contributed by atoms with Gasteiger partial charge in [0.25, 0.3) is 6.43 Å². The fourth-order valence-corrected chi connectivity index (χ4v) is 2.55. The lowest BCUT2D eigenvalue weighted by Gasteiger charge is -2.35. The van der Waals surface area contributed by atoms with E-state index in [4.69, 9.17) is 9.47 Å². The van der Waals surface area contributed by atoms with Gasteiger partial charge < -0.3 is 14.8 Å². The van der Waals surface area contributed by atoms with Crippen molar-refractivity contribution < 1.29 is 22.6 Å². The van der Waals surface area contributed by atoms with Gasteiger partial charge >= 0.3 is 0 Å². The fourth-order valence-electron chi connectivity index (χ4n) is 2.55. The predicted octanol–water partition coefficient (Wildman–Crippen LogP) is 2.05. The molecule has 118 valence electrons. The number of benzene rings is 1. The molecule has 1 fully saturated rings. The van der Waals surface area contributed by atoms with Crippen LogP contribution in [-0.2, 0) is 0 Å². The number of alkyl halides is 2. The Morgan fingerprint density at radius 3 is 2.19 bits per heavy atom. The number of hydrogen-bond donors (Lipinski definition) is 1. The molecular formula is C14H19F3N2O2. The quantitative estimate of drug-likeness (QED) is 0.903. The first-order valence-corrected chi connectivity index (χ1v) is 6.72. The van der Waals surface area contributed by atoms with Gasteiger partial charge in [-0.25, -0.2) is 13.2 Å². The minimum atomic E-state index is -2.68. The summed E-state index contributed by atoms with van der Waals surface area (Å²) < 4.78 is 51.2. The topological polar surface area (TPSA) is 33.7 Å². The molecule has 1 heterocycles. The van der Waals surface area contributed by atoms with E-state index in [0.29, 0.717) is 26.2 Å². The normalized spacial score (nSPS) is 17.8. The van der Waals surface area contributed by atoms with Crippen LogP contribution in [0.2, 0.25) is 0 Å². The van der Waals surface area contributed by atoms with Crippen LogP contribution in [0.4, 0.5) is 13.2 Å². The Morgan fingerprint density at radius 1 is 1.10 bits per heavy atom. The number of rotatable bonds is 5. The number of halogens is 3. The average molecular weight is 304 g/mol. The zero-order valence-corrected chi connectivity index (χ0v) is 12.0. The summed E-state index contributed by atoms with van der Waals surface area (Å²) in [4.78, 5) is 1.59. The van der Waals surface area contributed by atoms with Crippen LogP contribution >= 0.6 is 0 Å². The third-order valence-corrected chi connectivity index (χ3v) is 3.61. The minimum absolute atomic E-state index is 0.0652. The molecule has 1 saturated heterocycles.